The van der Waals surface area contributed by atoms with Crippen LogP contribution in [0, 0.1) is 6.92 Å². The molecule has 0 unspecified atom stereocenters. The minimum absolute atomic E-state index is 0.123. The van der Waals surface area contributed by atoms with E-state index in [2.05, 4.69) is 10.4 Å². The van der Waals surface area contributed by atoms with Crippen LogP contribution in [-0.4, -0.2) is 33.2 Å². The van der Waals surface area contributed by atoms with Crippen LogP contribution < -0.4 is 10.2 Å². The molecule has 2 aromatic heterocycles. The van der Waals surface area contributed by atoms with Crippen LogP contribution >= 0.6 is 11.6 Å². The minimum atomic E-state index is -1.18. The van der Waals surface area contributed by atoms with Crippen LogP contribution in [0.25, 0.3) is 11.5 Å². The third-order valence-electron chi connectivity index (χ3n) is 6.84. The molecule has 33 heavy (non-hydrogen) atoms. The van der Waals surface area contributed by atoms with E-state index in [0.717, 1.165) is 31.2 Å². The van der Waals surface area contributed by atoms with Gasteiger partial charge in [-0.1, -0.05) is 36.9 Å². The van der Waals surface area contributed by atoms with E-state index in [0.29, 0.717) is 27.9 Å². The Bertz CT molecular complexity index is 1200. The first kappa shape index (κ1) is 21.8. The number of fused-ring (bicyclic) bond motifs is 1. The van der Waals surface area contributed by atoms with E-state index in [-0.39, 0.29) is 24.4 Å². The molecule has 2 amide bonds. The van der Waals surface area contributed by atoms with Crippen molar-refractivity contribution in [1.82, 2.24) is 15.1 Å². The number of amides is 2. The summed E-state index contributed by atoms with van der Waals surface area (Å²) in [5, 5.41) is 8.38. The average molecular weight is 467 g/mol. The van der Waals surface area contributed by atoms with E-state index in [1.165, 1.54) is 6.42 Å². The molecule has 0 spiro atoms. The van der Waals surface area contributed by atoms with Gasteiger partial charge in [-0.05, 0) is 56.5 Å². The van der Waals surface area contributed by atoms with Crippen LogP contribution in [0.1, 0.15) is 55.1 Å². The summed E-state index contributed by atoms with van der Waals surface area (Å²) in [7, 11) is 0. The normalized spacial score (nSPS) is 21.2. The number of hydrogen-bond donors (Lipinski definition) is 1. The van der Waals surface area contributed by atoms with Crippen LogP contribution in [0.5, 0.6) is 0 Å². The Labute approximate surface area is 197 Å². The van der Waals surface area contributed by atoms with E-state index in [1.54, 1.807) is 53.1 Å². The maximum Gasteiger partial charge on any atom is 0.277 e. The summed E-state index contributed by atoms with van der Waals surface area (Å²) in [5.74, 6) is 0.101. The molecule has 1 fully saturated rings. The second-order valence-corrected chi connectivity index (χ2v) is 9.56. The number of furan rings is 1. The monoisotopic (exact) mass is 466 g/mol. The van der Waals surface area contributed by atoms with Crippen molar-refractivity contribution < 1.29 is 14.0 Å². The molecule has 8 heteroatoms. The number of nitrogens with one attached hydrogen (secondary N) is 1. The summed E-state index contributed by atoms with van der Waals surface area (Å²) in [6, 6.07) is 10.8. The number of anilines is 1. The Hall–Kier alpha value is -3.06. The van der Waals surface area contributed by atoms with Gasteiger partial charge in [-0.25, -0.2) is 0 Å². The second-order valence-electron chi connectivity index (χ2n) is 9.16. The molecule has 1 aromatic carbocycles. The molecule has 0 bridgehead atoms. The molecule has 1 N–H and O–H groups in total. The van der Waals surface area contributed by atoms with Crippen molar-refractivity contribution in [3.8, 4) is 11.5 Å². The fourth-order valence-corrected chi connectivity index (χ4v) is 5.10. The second kappa shape index (κ2) is 8.37. The van der Waals surface area contributed by atoms with Gasteiger partial charge < -0.3 is 9.73 Å². The van der Waals surface area contributed by atoms with Gasteiger partial charge in [0.15, 0.2) is 5.76 Å². The SMILES string of the molecule is Cc1c(Cl)cccc1N1C(=O)c2cc(-c3ccco3)nn2C[C@@]1(C)C(=O)NC1CCCCC1. The Balaban J connectivity index is 1.59. The zero-order valence-corrected chi connectivity index (χ0v) is 19.6. The van der Waals surface area contributed by atoms with E-state index >= 15 is 0 Å². The largest absolute Gasteiger partial charge is 0.463 e. The maximum absolute atomic E-state index is 13.9. The third-order valence-corrected chi connectivity index (χ3v) is 7.25. The molecule has 3 aromatic rings. The summed E-state index contributed by atoms with van der Waals surface area (Å²) in [6.45, 7) is 3.89. The number of rotatable bonds is 4. The van der Waals surface area contributed by atoms with Gasteiger partial charge in [-0.2, -0.15) is 5.10 Å². The smallest absolute Gasteiger partial charge is 0.277 e. The number of hydrogen-bond acceptors (Lipinski definition) is 4. The van der Waals surface area contributed by atoms with E-state index in [4.69, 9.17) is 16.0 Å². The van der Waals surface area contributed by atoms with Gasteiger partial charge in [0.1, 0.15) is 16.9 Å². The first-order valence-corrected chi connectivity index (χ1v) is 11.8. The molecule has 1 atom stereocenters. The number of benzene rings is 1. The molecule has 1 aliphatic heterocycles. The van der Waals surface area contributed by atoms with Crippen LogP contribution in [0.15, 0.2) is 47.1 Å². The third kappa shape index (κ3) is 3.74. The van der Waals surface area contributed by atoms with Gasteiger partial charge in [0.2, 0.25) is 5.91 Å². The van der Waals surface area contributed by atoms with Crippen molar-refractivity contribution in [3.05, 3.63) is 58.9 Å². The van der Waals surface area contributed by atoms with E-state index in [1.807, 2.05) is 13.0 Å². The fourth-order valence-electron chi connectivity index (χ4n) is 4.93. The van der Waals surface area contributed by atoms with Gasteiger partial charge in [0.05, 0.1) is 12.8 Å². The zero-order chi connectivity index (χ0) is 23.2. The van der Waals surface area contributed by atoms with Crippen LogP contribution in [-0.2, 0) is 11.3 Å². The predicted octanol–water partition coefficient (Wildman–Crippen LogP) is 4.97. The Morgan fingerprint density at radius 3 is 2.73 bits per heavy atom. The van der Waals surface area contributed by atoms with E-state index in [9.17, 15) is 9.59 Å². The number of aromatic nitrogens is 2. The molecule has 0 radical (unpaired) electrons. The molecule has 5 rings (SSSR count). The van der Waals surface area contributed by atoms with E-state index < -0.39 is 5.54 Å². The van der Waals surface area contributed by atoms with Crippen molar-refractivity contribution in [2.45, 2.75) is 64.1 Å². The molecule has 172 valence electrons. The first-order valence-electron chi connectivity index (χ1n) is 11.4. The van der Waals surface area contributed by atoms with Crippen molar-refractivity contribution in [2.75, 3.05) is 4.90 Å². The number of nitrogens with zero attached hydrogens (tertiary/aromatic N) is 3. The maximum atomic E-state index is 13.9. The van der Waals surface area contributed by atoms with Gasteiger partial charge in [0, 0.05) is 22.8 Å². The summed E-state index contributed by atoms with van der Waals surface area (Å²) >= 11 is 6.41. The highest BCUT2D eigenvalue weighted by atomic mass is 35.5. The lowest BCUT2D eigenvalue weighted by atomic mass is 9.90. The summed E-state index contributed by atoms with van der Waals surface area (Å²) in [5.41, 5.74) is 1.17. The molecule has 0 saturated heterocycles. The highest BCUT2D eigenvalue weighted by Crippen LogP contribution is 2.37. The molecule has 7 nitrogen and oxygen atoms in total. The van der Waals surface area contributed by atoms with Crippen LogP contribution in [0.2, 0.25) is 5.02 Å². The quantitative estimate of drug-likeness (QED) is 0.588. The van der Waals surface area contributed by atoms with Crippen molar-refractivity contribution in [2.24, 2.45) is 0 Å². The van der Waals surface area contributed by atoms with Gasteiger partial charge >= 0.3 is 0 Å². The topological polar surface area (TPSA) is 80.4 Å². The molecular weight excluding hydrogens is 440 g/mol. The molecular formula is C25H27ClN4O3. The van der Waals surface area contributed by atoms with Crippen LogP contribution in [0.3, 0.4) is 0 Å². The lowest BCUT2D eigenvalue weighted by Crippen LogP contribution is -2.65. The first-order chi connectivity index (χ1) is 15.9. The van der Waals surface area contributed by atoms with Crippen LogP contribution in [0.4, 0.5) is 5.69 Å². The highest BCUT2D eigenvalue weighted by Gasteiger charge is 2.49. The van der Waals surface area contributed by atoms with Crippen molar-refractivity contribution >= 4 is 29.1 Å². The lowest BCUT2D eigenvalue weighted by molar-refractivity contribution is -0.127. The highest BCUT2D eigenvalue weighted by molar-refractivity contribution is 6.32. The molecule has 1 saturated carbocycles. The lowest BCUT2D eigenvalue weighted by Gasteiger charge is -2.44. The summed E-state index contributed by atoms with van der Waals surface area (Å²) < 4.78 is 7.10. The van der Waals surface area contributed by atoms with Crippen molar-refractivity contribution in [3.63, 3.8) is 0 Å². The summed E-state index contributed by atoms with van der Waals surface area (Å²) in [4.78, 5) is 29.2. The Morgan fingerprint density at radius 1 is 1.21 bits per heavy atom. The zero-order valence-electron chi connectivity index (χ0n) is 18.8. The van der Waals surface area contributed by atoms with Gasteiger partial charge in [0.25, 0.3) is 5.91 Å². The number of carbonyl (C=O) groups is 2. The number of carbonyl (C=O) groups excluding carboxylic acids is 2. The Kier molecular flexibility index (Phi) is 5.52. The van der Waals surface area contributed by atoms with Crippen molar-refractivity contribution in [1.29, 1.82) is 0 Å². The number of halogens is 1. The van der Waals surface area contributed by atoms with Gasteiger partial charge in [-0.15, -0.1) is 0 Å². The Morgan fingerprint density at radius 2 is 2.00 bits per heavy atom. The standard InChI is InChI=1S/C25H27ClN4O3/c1-16-18(26)10-6-11-20(16)30-23(31)21-14-19(22-12-7-13-33-22)28-29(21)15-25(30,2)24(32)27-17-8-4-3-5-9-17/h6-7,10-14,17H,3-5,8-9,15H2,1-2H3,(H,27,32)/t25-/m0/s1. The molecule has 1 aliphatic carbocycles. The fraction of sp³-hybridized carbons (Fsp3) is 0.400. The van der Waals surface area contributed by atoms with Gasteiger partial charge in [-0.3, -0.25) is 19.2 Å². The summed E-state index contributed by atoms with van der Waals surface area (Å²) in [6.07, 6.45) is 6.89. The average Bonchev–Trinajstić information content (AvgIpc) is 3.47. The minimum Gasteiger partial charge on any atom is -0.463 e. The molecule has 2 aliphatic rings. The molecule has 3 heterocycles. The predicted molar refractivity (Wildman–Crippen MR) is 126 cm³/mol.